The van der Waals surface area contributed by atoms with Gasteiger partial charge in [0.05, 0.1) is 12.2 Å². The highest BCUT2D eigenvalue weighted by Crippen LogP contribution is 2.35. The Morgan fingerprint density at radius 1 is 0.921 bits per heavy atom. The number of carbonyl (C=O) groups is 1. The number of nitrogens with zero attached hydrogens (tertiary/aromatic N) is 4. The summed E-state index contributed by atoms with van der Waals surface area (Å²) in [6.45, 7) is 7.19. The highest BCUT2D eigenvalue weighted by molar-refractivity contribution is 5.67. The Balaban J connectivity index is 1.41. The topological polar surface area (TPSA) is 81.8 Å². The van der Waals surface area contributed by atoms with Gasteiger partial charge in [0.1, 0.15) is 12.3 Å². The number of hydrogen-bond acceptors (Lipinski definition) is 5. The van der Waals surface area contributed by atoms with E-state index in [-0.39, 0.29) is 18.3 Å². The molecule has 1 fully saturated rings. The number of hydrogen-bond donors (Lipinski definition) is 2. The maximum Gasteiger partial charge on any atom is 0.325 e. The number of phenols is 1. The van der Waals surface area contributed by atoms with E-state index in [1.165, 1.54) is 10.2 Å². The number of carboxylic acids is 1. The van der Waals surface area contributed by atoms with E-state index in [0.717, 1.165) is 41.9 Å². The van der Waals surface area contributed by atoms with E-state index in [4.69, 9.17) is 5.11 Å². The molecule has 3 aromatic carbocycles. The number of aliphatic carboxylic acids is 1. The lowest BCUT2D eigenvalue weighted by Gasteiger charge is -2.47. The van der Waals surface area contributed by atoms with Crippen LogP contribution in [-0.2, 0) is 17.9 Å². The van der Waals surface area contributed by atoms with Crippen LogP contribution in [0.1, 0.15) is 36.6 Å². The van der Waals surface area contributed by atoms with Crippen LogP contribution >= 0.6 is 0 Å². The quantitative estimate of drug-likeness (QED) is 0.346. The zero-order chi connectivity index (χ0) is 26.6. The maximum absolute atomic E-state index is 11.0. The fraction of sp³-hybridized carbons (Fsp3) is 0.290. The second kappa shape index (κ2) is 11.2. The van der Waals surface area contributed by atoms with Gasteiger partial charge in [-0.25, -0.2) is 0 Å². The molecule has 5 rings (SSSR count). The molecule has 196 valence electrons. The normalized spacial score (nSPS) is 19.3. The smallest absolute Gasteiger partial charge is 0.325 e. The van der Waals surface area contributed by atoms with Crippen molar-refractivity contribution in [3.05, 3.63) is 108 Å². The molecule has 1 aliphatic heterocycles. The first-order valence-corrected chi connectivity index (χ1v) is 13.0. The largest absolute Gasteiger partial charge is 0.508 e. The summed E-state index contributed by atoms with van der Waals surface area (Å²) in [5.41, 5.74) is 5.39. The van der Waals surface area contributed by atoms with Crippen LogP contribution in [0, 0.1) is 0 Å². The molecule has 0 amide bonds. The van der Waals surface area contributed by atoms with Gasteiger partial charge in [0.15, 0.2) is 0 Å². The minimum absolute atomic E-state index is 0.0118. The average Bonchev–Trinajstić information content (AvgIpc) is 3.36. The fourth-order valence-electron chi connectivity index (χ4n) is 5.49. The predicted octanol–water partition coefficient (Wildman–Crippen LogP) is 5.02. The second-order valence-corrected chi connectivity index (χ2v) is 10.2. The maximum atomic E-state index is 11.0. The first-order valence-electron chi connectivity index (χ1n) is 13.0. The summed E-state index contributed by atoms with van der Waals surface area (Å²) in [6, 6.07) is 27.2. The van der Waals surface area contributed by atoms with Gasteiger partial charge < -0.3 is 10.2 Å². The van der Waals surface area contributed by atoms with Crippen molar-refractivity contribution in [3.8, 4) is 16.9 Å². The van der Waals surface area contributed by atoms with Crippen LogP contribution in [0.25, 0.3) is 11.1 Å². The van der Waals surface area contributed by atoms with E-state index in [2.05, 4.69) is 89.4 Å². The summed E-state index contributed by atoms with van der Waals surface area (Å²) >= 11 is 0. The lowest BCUT2D eigenvalue weighted by molar-refractivity contribution is -0.137. The Morgan fingerprint density at radius 2 is 1.68 bits per heavy atom. The minimum atomic E-state index is -0.920. The molecule has 38 heavy (non-hydrogen) atoms. The third kappa shape index (κ3) is 5.79. The van der Waals surface area contributed by atoms with Gasteiger partial charge in [-0.05, 0) is 48.2 Å². The Bertz CT molecular complexity index is 1370. The van der Waals surface area contributed by atoms with Gasteiger partial charge >= 0.3 is 5.97 Å². The molecule has 7 heteroatoms. The molecular formula is C31H34N4O3. The first-order chi connectivity index (χ1) is 18.4. The molecule has 4 aromatic rings. The second-order valence-electron chi connectivity index (χ2n) is 10.2. The Morgan fingerprint density at radius 3 is 2.39 bits per heavy atom. The Labute approximate surface area is 223 Å². The Kier molecular flexibility index (Phi) is 7.58. The van der Waals surface area contributed by atoms with Crippen LogP contribution in [0.15, 0.2) is 91.3 Å². The zero-order valence-electron chi connectivity index (χ0n) is 21.8. The zero-order valence-corrected chi connectivity index (χ0v) is 21.8. The number of benzene rings is 3. The highest BCUT2D eigenvalue weighted by Gasteiger charge is 2.35. The van der Waals surface area contributed by atoms with E-state index >= 15 is 0 Å². The van der Waals surface area contributed by atoms with Crippen LogP contribution in [-0.4, -0.2) is 60.9 Å². The molecule has 0 radical (unpaired) electrons. The summed E-state index contributed by atoms with van der Waals surface area (Å²) in [5.74, 6) is -0.658. The van der Waals surface area contributed by atoms with E-state index in [0.29, 0.717) is 12.1 Å². The number of piperazine rings is 1. The van der Waals surface area contributed by atoms with Crippen molar-refractivity contribution in [2.45, 2.75) is 45.1 Å². The van der Waals surface area contributed by atoms with Crippen molar-refractivity contribution in [2.75, 3.05) is 13.1 Å². The summed E-state index contributed by atoms with van der Waals surface area (Å²) in [5, 5.41) is 23.5. The van der Waals surface area contributed by atoms with Crippen LogP contribution < -0.4 is 0 Å². The van der Waals surface area contributed by atoms with Gasteiger partial charge in [-0.1, -0.05) is 66.7 Å². The van der Waals surface area contributed by atoms with E-state index in [1.807, 2.05) is 12.1 Å². The van der Waals surface area contributed by atoms with Crippen LogP contribution in [0.2, 0.25) is 0 Å². The number of rotatable bonds is 8. The lowest BCUT2D eigenvalue weighted by atomic mass is 9.92. The van der Waals surface area contributed by atoms with Gasteiger partial charge in [0.25, 0.3) is 0 Å². The van der Waals surface area contributed by atoms with Crippen LogP contribution in [0.3, 0.4) is 0 Å². The van der Waals surface area contributed by atoms with Crippen molar-refractivity contribution >= 4 is 5.97 Å². The van der Waals surface area contributed by atoms with Gasteiger partial charge in [-0.2, -0.15) is 5.10 Å². The standard InChI is InChI=1S/C31H34N4O3/c1-22-18-35(23(2)17-33(22)19-24-7-4-3-5-8-24)31(27-9-6-10-29(36)15-27)26-13-11-25(12-14-26)28-16-32-34(20-28)21-30(37)38/h3-16,20,22-23,31,36H,17-19,21H2,1-2H3,(H,37,38). The molecule has 3 unspecified atom stereocenters. The van der Waals surface area contributed by atoms with Crippen molar-refractivity contribution in [1.29, 1.82) is 0 Å². The van der Waals surface area contributed by atoms with Gasteiger partial charge in [0, 0.05) is 43.5 Å². The molecule has 0 aliphatic carbocycles. The molecule has 2 N–H and O–H groups in total. The Hall–Kier alpha value is -3.94. The molecule has 0 saturated carbocycles. The summed E-state index contributed by atoms with van der Waals surface area (Å²) in [7, 11) is 0. The minimum Gasteiger partial charge on any atom is -0.508 e. The number of aromatic nitrogens is 2. The van der Waals surface area contributed by atoms with Crippen molar-refractivity contribution in [2.24, 2.45) is 0 Å². The molecule has 2 heterocycles. The number of aromatic hydroxyl groups is 1. The van der Waals surface area contributed by atoms with Gasteiger partial charge in [-0.15, -0.1) is 0 Å². The van der Waals surface area contributed by atoms with Crippen molar-refractivity contribution in [1.82, 2.24) is 19.6 Å². The molecule has 0 spiro atoms. The molecule has 3 atom stereocenters. The third-order valence-corrected chi connectivity index (χ3v) is 7.40. The molecule has 1 saturated heterocycles. The summed E-state index contributed by atoms with van der Waals surface area (Å²) in [4.78, 5) is 16.1. The molecule has 1 aromatic heterocycles. The van der Waals surface area contributed by atoms with Crippen LogP contribution in [0.5, 0.6) is 5.75 Å². The number of phenolic OH excluding ortho intramolecular Hbond substituents is 1. The predicted molar refractivity (Wildman–Crippen MR) is 148 cm³/mol. The SMILES string of the molecule is CC1CN(C(c2ccc(-c3cnn(CC(=O)O)c3)cc2)c2cccc(O)c2)C(C)CN1Cc1ccccc1. The highest BCUT2D eigenvalue weighted by atomic mass is 16.4. The molecule has 1 aliphatic rings. The average molecular weight is 511 g/mol. The van der Waals surface area contributed by atoms with E-state index in [1.54, 1.807) is 18.5 Å². The van der Waals surface area contributed by atoms with Gasteiger partial charge in [0.2, 0.25) is 0 Å². The first kappa shape index (κ1) is 25.7. The van der Waals surface area contributed by atoms with Crippen LogP contribution in [0.4, 0.5) is 0 Å². The fourth-order valence-corrected chi connectivity index (χ4v) is 5.49. The third-order valence-electron chi connectivity index (χ3n) is 7.40. The monoisotopic (exact) mass is 510 g/mol. The lowest BCUT2D eigenvalue weighted by Crippen LogP contribution is -2.56. The molecule has 7 nitrogen and oxygen atoms in total. The molecular weight excluding hydrogens is 476 g/mol. The van der Waals surface area contributed by atoms with Crippen molar-refractivity contribution < 1.29 is 15.0 Å². The van der Waals surface area contributed by atoms with E-state index < -0.39 is 5.97 Å². The van der Waals surface area contributed by atoms with Gasteiger partial charge in [-0.3, -0.25) is 19.3 Å². The molecule has 0 bridgehead atoms. The number of carboxylic acid groups (broad SMARTS) is 1. The van der Waals surface area contributed by atoms with Crippen molar-refractivity contribution in [3.63, 3.8) is 0 Å². The van der Waals surface area contributed by atoms with E-state index in [9.17, 15) is 9.90 Å². The summed E-state index contributed by atoms with van der Waals surface area (Å²) in [6.07, 6.45) is 3.45. The summed E-state index contributed by atoms with van der Waals surface area (Å²) < 4.78 is 1.43.